The van der Waals surface area contributed by atoms with Crippen LogP contribution in [-0.2, 0) is 11.3 Å². The average molecular weight is 288 g/mol. The van der Waals surface area contributed by atoms with Crippen LogP contribution in [0.4, 0.5) is 0 Å². The molecule has 2 rings (SSSR count). The summed E-state index contributed by atoms with van der Waals surface area (Å²) in [6, 6.07) is 1.88. The van der Waals surface area contributed by atoms with Crippen LogP contribution in [0.15, 0.2) is 21.2 Å². The molecule has 2 heterocycles. The van der Waals surface area contributed by atoms with Gasteiger partial charge in [0.15, 0.2) is 0 Å². The van der Waals surface area contributed by atoms with Crippen molar-refractivity contribution < 1.29 is 14.3 Å². The molecule has 88 valence electrons. The summed E-state index contributed by atoms with van der Waals surface area (Å²) in [7, 11) is 0. The zero-order valence-electron chi connectivity index (χ0n) is 8.86. The number of nitrogens with zero attached hydrogens (tertiary/aromatic N) is 1. The smallest absolute Gasteiger partial charge is 0.303 e. The molecule has 1 aliphatic heterocycles. The van der Waals surface area contributed by atoms with E-state index in [1.54, 1.807) is 6.26 Å². The molecule has 1 aromatic rings. The Morgan fingerprint density at radius 2 is 2.50 bits per heavy atom. The molecule has 0 radical (unpaired) electrons. The number of halogens is 1. The van der Waals surface area contributed by atoms with E-state index < -0.39 is 5.97 Å². The summed E-state index contributed by atoms with van der Waals surface area (Å²) in [5.41, 5.74) is 0. The first-order chi connectivity index (χ1) is 7.65. The molecule has 4 nitrogen and oxygen atoms in total. The fourth-order valence-corrected chi connectivity index (χ4v) is 2.44. The lowest BCUT2D eigenvalue weighted by molar-refractivity contribution is -0.138. The van der Waals surface area contributed by atoms with Gasteiger partial charge in [0.05, 0.1) is 17.3 Å². The van der Waals surface area contributed by atoms with E-state index in [2.05, 4.69) is 20.8 Å². The van der Waals surface area contributed by atoms with E-state index in [1.807, 2.05) is 6.07 Å². The molecule has 1 atom stereocenters. The number of likely N-dealkylation sites (tertiary alicyclic amines) is 1. The minimum atomic E-state index is -0.703. The molecule has 0 saturated carbocycles. The molecular formula is C11H14BrNO3. The van der Waals surface area contributed by atoms with Crippen molar-refractivity contribution in [2.75, 3.05) is 13.1 Å². The summed E-state index contributed by atoms with van der Waals surface area (Å²) in [5, 5.41) is 8.72. The third-order valence-corrected chi connectivity index (χ3v) is 3.60. The maximum atomic E-state index is 10.6. The van der Waals surface area contributed by atoms with Crippen LogP contribution in [0.3, 0.4) is 0 Å². The summed E-state index contributed by atoms with van der Waals surface area (Å²) in [6.45, 7) is 2.55. The molecule has 1 unspecified atom stereocenters. The molecule has 0 aromatic carbocycles. The van der Waals surface area contributed by atoms with Crippen LogP contribution in [0.1, 0.15) is 18.6 Å². The van der Waals surface area contributed by atoms with Gasteiger partial charge in [-0.1, -0.05) is 0 Å². The van der Waals surface area contributed by atoms with E-state index in [-0.39, 0.29) is 12.3 Å². The van der Waals surface area contributed by atoms with Crippen LogP contribution >= 0.6 is 15.9 Å². The van der Waals surface area contributed by atoms with Gasteiger partial charge in [0.25, 0.3) is 0 Å². The summed E-state index contributed by atoms with van der Waals surface area (Å²) in [4.78, 5) is 12.8. The second-order valence-corrected chi connectivity index (χ2v) is 5.03. The van der Waals surface area contributed by atoms with Gasteiger partial charge in [0, 0.05) is 13.0 Å². The first-order valence-corrected chi connectivity index (χ1v) is 6.10. The minimum absolute atomic E-state index is 0.274. The Morgan fingerprint density at radius 1 is 1.69 bits per heavy atom. The van der Waals surface area contributed by atoms with Gasteiger partial charge in [-0.25, -0.2) is 0 Å². The minimum Gasteiger partial charge on any atom is -0.481 e. The summed E-state index contributed by atoms with van der Waals surface area (Å²) >= 11 is 3.41. The lowest BCUT2D eigenvalue weighted by atomic mass is 10.1. The van der Waals surface area contributed by atoms with Crippen LogP contribution in [-0.4, -0.2) is 29.1 Å². The maximum absolute atomic E-state index is 10.6. The van der Waals surface area contributed by atoms with E-state index in [4.69, 9.17) is 9.52 Å². The van der Waals surface area contributed by atoms with Gasteiger partial charge in [0.1, 0.15) is 5.76 Å². The number of carbonyl (C=O) groups is 1. The molecule has 1 fully saturated rings. The molecule has 1 N–H and O–H groups in total. The number of hydrogen-bond acceptors (Lipinski definition) is 3. The van der Waals surface area contributed by atoms with Crippen molar-refractivity contribution in [2.45, 2.75) is 19.4 Å². The third-order valence-electron chi connectivity index (χ3n) is 2.89. The van der Waals surface area contributed by atoms with Crippen molar-refractivity contribution in [3.63, 3.8) is 0 Å². The van der Waals surface area contributed by atoms with Gasteiger partial charge in [-0.3, -0.25) is 9.69 Å². The number of carboxylic acids is 1. The summed E-state index contributed by atoms with van der Waals surface area (Å²) in [5.74, 6) is 0.494. The summed E-state index contributed by atoms with van der Waals surface area (Å²) < 4.78 is 6.32. The number of aliphatic carboxylic acids is 1. The predicted octanol–water partition coefficient (Wildman–Crippen LogP) is 2.34. The highest BCUT2D eigenvalue weighted by atomic mass is 79.9. The molecule has 0 bridgehead atoms. The van der Waals surface area contributed by atoms with Crippen molar-refractivity contribution in [1.29, 1.82) is 0 Å². The molecule has 0 amide bonds. The van der Waals surface area contributed by atoms with E-state index in [9.17, 15) is 4.79 Å². The second-order valence-electron chi connectivity index (χ2n) is 4.18. The van der Waals surface area contributed by atoms with Crippen molar-refractivity contribution in [3.8, 4) is 0 Å². The molecule has 1 aromatic heterocycles. The van der Waals surface area contributed by atoms with E-state index in [0.717, 1.165) is 36.3 Å². The van der Waals surface area contributed by atoms with Gasteiger partial charge in [-0.15, -0.1) is 0 Å². The highest BCUT2D eigenvalue weighted by molar-refractivity contribution is 9.10. The second kappa shape index (κ2) is 5.01. The highest BCUT2D eigenvalue weighted by Gasteiger charge is 2.25. The molecule has 1 aliphatic rings. The van der Waals surface area contributed by atoms with E-state index in [0.29, 0.717) is 0 Å². The van der Waals surface area contributed by atoms with Crippen LogP contribution in [0, 0.1) is 5.92 Å². The maximum Gasteiger partial charge on any atom is 0.303 e. The Balaban J connectivity index is 1.85. The van der Waals surface area contributed by atoms with Gasteiger partial charge < -0.3 is 9.52 Å². The van der Waals surface area contributed by atoms with Crippen molar-refractivity contribution in [2.24, 2.45) is 5.92 Å². The molecule has 1 saturated heterocycles. The van der Waals surface area contributed by atoms with Crippen LogP contribution in [0.25, 0.3) is 0 Å². The lowest BCUT2D eigenvalue weighted by Crippen LogP contribution is -2.20. The zero-order valence-corrected chi connectivity index (χ0v) is 10.4. The third kappa shape index (κ3) is 2.86. The Kier molecular flexibility index (Phi) is 3.66. The van der Waals surface area contributed by atoms with Crippen molar-refractivity contribution in [3.05, 3.63) is 22.6 Å². The summed E-state index contributed by atoms with van der Waals surface area (Å²) in [6.07, 6.45) is 2.89. The first kappa shape index (κ1) is 11.7. The monoisotopic (exact) mass is 287 g/mol. The van der Waals surface area contributed by atoms with Gasteiger partial charge in [0.2, 0.25) is 0 Å². The standard InChI is InChI=1S/C11H14BrNO3/c12-9-2-4-16-10(9)7-13-3-1-8(6-13)5-11(14)15/h2,4,8H,1,3,5-7H2,(H,14,15). The number of carboxylic acid groups (broad SMARTS) is 1. The van der Waals surface area contributed by atoms with Crippen molar-refractivity contribution >= 4 is 21.9 Å². The first-order valence-electron chi connectivity index (χ1n) is 5.31. The van der Waals surface area contributed by atoms with Crippen LogP contribution < -0.4 is 0 Å². The largest absolute Gasteiger partial charge is 0.481 e. The molecule has 16 heavy (non-hydrogen) atoms. The molecular weight excluding hydrogens is 274 g/mol. The number of rotatable bonds is 4. The Labute approximate surface area is 102 Å². The van der Waals surface area contributed by atoms with Gasteiger partial charge >= 0.3 is 5.97 Å². The molecule has 0 spiro atoms. The lowest BCUT2D eigenvalue weighted by Gasteiger charge is -2.13. The Morgan fingerprint density at radius 3 is 3.12 bits per heavy atom. The van der Waals surface area contributed by atoms with Crippen molar-refractivity contribution in [1.82, 2.24) is 4.90 Å². The molecule has 5 heteroatoms. The van der Waals surface area contributed by atoms with Crippen LogP contribution in [0.2, 0.25) is 0 Å². The average Bonchev–Trinajstić information content (AvgIpc) is 2.77. The van der Waals surface area contributed by atoms with Gasteiger partial charge in [-0.2, -0.15) is 0 Å². The van der Waals surface area contributed by atoms with E-state index in [1.165, 1.54) is 0 Å². The SMILES string of the molecule is O=C(O)CC1CCN(Cc2occc2Br)C1. The Bertz CT molecular complexity index is 377. The van der Waals surface area contributed by atoms with Gasteiger partial charge in [-0.05, 0) is 40.9 Å². The fourth-order valence-electron chi connectivity index (χ4n) is 2.11. The zero-order chi connectivity index (χ0) is 11.5. The predicted molar refractivity (Wildman–Crippen MR) is 62.0 cm³/mol. The van der Waals surface area contributed by atoms with E-state index >= 15 is 0 Å². The molecule has 0 aliphatic carbocycles. The Hall–Kier alpha value is -0.810. The van der Waals surface area contributed by atoms with Crippen LogP contribution in [0.5, 0.6) is 0 Å². The quantitative estimate of drug-likeness (QED) is 0.924. The highest BCUT2D eigenvalue weighted by Crippen LogP contribution is 2.24. The topological polar surface area (TPSA) is 53.7 Å². The normalized spacial score (nSPS) is 21.4. The number of hydrogen-bond donors (Lipinski definition) is 1. The number of furan rings is 1. The fraction of sp³-hybridized carbons (Fsp3) is 0.545.